The molecule has 0 bridgehead atoms. The van der Waals surface area contributed by atoms with Crippen molar-refractivity contribution >= 4 is 29.0 Å². The van der Waals surface area contributed by atoms with Gasteiger partial charge in [0.15, 0.2) is 5.78 Å². The van der Waals surface area contributed by atoms with Crippen LogP contribution in [0.5, 0.6) is 5.75 Å². The Morgan fingerprint density at radius 3 is 1.97 bits per heavy atom. The number of anilines is 2. The van der Waals surface area contributed by atoms with Gasteiger partial charge in [0.25, 0.3) is 0 Å². The summed E-state index contributed by atoms with van der Waals surface area (Å²) in [5, 5.41) is 5.64. The monoisotopic (exact) mass is 397 g/mol. The van der Waals surface area contributed by atoms with Crippen LogP contribution in [0.15, 0.2) is 48.5 Å². The Balaban J connectivity index is 1.78. The molecule has 2 N–H and O–H groups in total. The molecule has 0 radical (unpaired) electrons. The van der Waals surface area contributed by atoms with Gasteiger partial charge in [-0.05, 0) is 62.0 Å². The van der Waals surface area contributed by atoms with Gasteiger partial charge in [0.2, 0.25) is 11.8 Å². The van der Waals surface area contributed by atoms with Crippen molar-refractivity contribution in [2.24, 2.45) is 0 Å². The maximum Gasteiger partial charge on any atom is 0.238 e. The number of methoxy groups -OCH3 is 1. The van der Waals surface area contributed by atoms with Crippen LogP contribution in [0.25, 0.3) is 0 Å². The Labute approximate surface area is 171 Å². The predicted molar refractivity (Wildman–Crippen MR) is 113 cm³/mol. The lowest BCUT2D eigenvalue weighted by molar-refractivity contribution is -0.119. The molecule has 2 amide bonds. The van der Waals surface area contributed by atoms with Crippen molar-refractivity contribution in [2.45, 2.75) is 20.3 Å². The van der Waals surface area contributed by atoms with Crippen molar-refractivity contribution in [3.8, 4) is 5.75 Å². The summed E-state index contributed by atoms with van der Waals surface area (Å²) in [5.41, 5.74) is 1.93. The number of nitrogens with one attached hydrogen (secondary N) is 2. The molecule has 0 heterocycles. The lowest BCUT2D eigenvalue weighted by Crippen LogP contribution is -2.35. The van der Waals surface area contributed by atoms with E-state index in [0.717, 1.165) is 5.75 Å². The van der Waals surface area contributed by atoms with Crippen molar-refractivity contribution < 1.29 is 19.1 Å². The van der Waals surface area contributed by atoms with Crippen LogP contribution < -0.4 is 15.4 Å². The number of nitrogens with zero attached hydrogens (tertiary/aromatic N) is 1. The summed E-state index contributed by atoms with van der Waals surface area (Å²) in [6, 6.07) is 13.9. The summed E-state index contributed by atoms with van der Waals surface area (Å²) < 4.78 is 5.10. The van der Waals surface area contributed by atoms with Gasteiger partial charge in [0, 0.05) is 29.9 Å². The molecular formula is C22H27N3O4. The second-order valence-electron chi connectivity index (χ2n) is 6.58. The highest BCUT2D eigenvalue weighted by Gasteiger charge is 2.12. The molecule has 7 nitrogen and oxygen atoms in total. The van der Waals surface area contributed by atoms with Crippen molar-refractivity contribution in [1.82, 2.24) is 4.90 Å². The Morgan fingerprint density at radius 2 is 1.45 bits per heavy atom. The van der Waals surface area contributed by atoms with Crippen LogP contribution in [0.3, 0.4) is 0 Å². The fraction of sp³-hybridized carbons (Fsp3) is 0.318. The number of rotatable bonds is 10. The van der Waals surface area contributed by atoms with E-state index < -0.39 is 0 Å². The molecule has 2 aromatic rings. The minimum Gasteiger partial charge on any atom is -0.497 e. The molecule has 29 heavy (non-hydrogen) atoms. The number of likely N-dealkylation sites (N-methyl/N-ethyl adjacent to an activating group) is 1. The molecule has 2 rings (SSSR count). The molecule has 0 aliphatic rings. The first-order valence-corrected chi connectivity index (χ1v) is 9.48. The number of ether oxygens (including phenoxy) is 1. The van der Waals surface area contributed by atoms with Gasteiger partial charge in [-0.15, -0.1) is 0 Å². The number of hydrogen-bond acceptors (Lipinski definition) is 5. The van der Waals surface area contributed by atoms with Crippen LogP contribution >= 0.6 is 0 Å². The van der Waals surface area contributed by atoms with Crippen LogP contribution in [0.1, 0.15) is 30.6 Å². The highest BCUT2D eigenvalue weighted by atomic mass is 16.5. The Morgan fingerprint density at radius 1 is 0.897 bits per heavy atom. The molecule has 154 valence electrons. The molecule has 7 heteroatoms. The first kappa shape index (κ1) is 22.1. The number of ketones is 1. The predicted octanol–water partition coefficient (Wildman–Crippen LogP) is 3.19. The summed E-state index contributed by atoms with van der Waals surface area (Å²) in [6.07, 6.45) is 0.262. The molecule has 0 spiro atoms. The number of carbonyl (C=O) groups is 3. The molecule has 0 unspecified atom stereocenters. The third-order valence-corrected chi connectivity index (χ3v) is 4.42. The average molecular weight is 397 g/mol. The highest BCUT2D eigenvalue weighted by Crippen LogP contribution is 2.15. The number of carbonyl (C=O) groups excluding carboxylic acids is 3. The Kier molecular flexibility index (Phi) is 8.36. The lowest BCUT2D eigenvalue weighted by atomic mass is 10.1. The Hall–Kier alpha value is -3.19. The van der Waals surface area contributed by atoms with Gasteiger partial charge in [0.05, 0.1) is 13.7 Å². The van der Waals surface area contributed by atoms with Crippen molar-refractivity contribution in [2.75, 3.05) is 37.4 Å². The number of benzene rings is 2. The molecule has 2 aromatic carbocycles. The topological polar surface area (TPSA) is 87.7 Å². The van der Waals surface area contributed by atoms with E-state index in [9.17, 15) is 14.4 Å². The minimum atomic E-state index is -0.144. The number of hydrogen-bond donors (Lipinski definition) is 2. The zero-order valence-corrected chi connectivity index (χ0v) is 17.0. The quantitative estimate of drug-likeness (QED) is 0.601. The van der Waals surface area contributed by atoms with Crippen LogP contribution in [0.2, 0.25) is 0 Å². The second-order valence-corrected chi connectivity index (χ2v) is 6.58. The van der Waals surface area contributed by atoms with Gasteiger partial charge in [0.1, 0.15) is 5.75 Å². The molecule has 0 saturated carbocycles. The zero-order chi connectivity index (χ0) is 21.2. The highest BCUT2D eigenvalue weighted by molar-refractivity contribution is 5.95. The molecule has 0 aliphatic heterocycles. The molecule has 0 saturated heterocycles. The van der Waals surface area contributed by atoms with E-state index in [0.29, 0.717) is 30.0 Å². The fourth-order valence-electron chi connectivity index (χ4n) is 2.70. The summed E-state index contributed by atoms with van der Waals surface area (Å²) in [7, 11) is 1.59. The average Bonchev–Trinajstić information content (AvgIpc) is 2.72. The summed E-state index contributed by atoms with van der Waals surface area (Å²) in [5.74, 6) is 0.418. The molecule has 0 aliphatic carbocycles. The zero-order valence-electron chi connectivity index (χ0n) is 17.0. The maximum atomic E-state index is 12.2. The van der Waals surface area contributed by atoms with Crippen molar-refractivity contribution in [1.29, 1.82) is 0 Å². The van der Waals surface area contributed by atoms with E-state index in [1.54, 1.807) is 55.6 Å². The second kappa shape index (κ2) is 11.0. The molecule has 0 fully saturated rings. The number of amides is 2. The van der Waals surface area contributed by atoms with Crippen molar-refractivity contribution in [3.63, 3.8) is 0 Å². The van der Waals surface area contributed by atoms with Crippen LogP contribution in [0.4, 0.5) is 11.4 Å². The van der Waals surface area contributed by atoms with Gasteiger partial charge >= 0.3 is 0 Å². The third-order valence-electron chi connectivity index (χ3n) is 4.42. The standard InChI is InChI=1S/C22H27N3O4/c1-4-25(15-22(28)24-19-9-11-20(29-3)12-10-19)14-13-21(27)23-18-7-5-17(6-8-18)16(2)26/h5-12H,4,13-15H2,1-3H3,(H,23,27)(H,24,28). The van der Waals surface area contributed by atoms with Gasteiger partial charge < -0.3 is 15.4 Å². The van der Waals surface area contributed by atoms with Gasteiger partial charge in [-0.3, -0.25) is 19.3 Å². The summed E-state index contributed by atoms with van der Waals surface area (Å²) in [6.45, 7) is 4.75. The first-order chi connectivity index (χ1) is 13.9. The summed E-state index contributed by atoms with van der Waals surface area (Å²) in [4.78, 5) is 37.6. The van der Waals surface area contributed by atoms with Gasteiger partial charge in [-0.1, -0.05) is 6.92 Å². The number of Topliss-reactive ketones (excluding diaryl/α,β-unsaturated/α-hetero) is 1. The van der Waals surface area contributed by atoms with E-state index in [2.05, 4.69) is 10.6 Å². The van der Waals surface area contributed by atoms with E-state index in [1.807, 2.05) is 11.8 Å². The van der Waals surface area contributed by atoms with Gasteiger partial charge in [-0.25, -0.2) is 0 Å². The van der Waals surface area contributed by atoms with E-state index in [4.69, 9.17) is 4.74 Å². The minimum absolute atomic E-state index is 0.0191. The normalized spacial score (nSPS) is 10.5. The van der Waals surface area contributed by atoms with E-state index in [-0.39, 0.29) is 30.6 Å². The largest absolute Gasteiger partial charge is 0.497 e. The fourth-order valence-corrected chi connectivity index (χ4v) is 2.70. The van der Waals surface area contributed by atoms with Gasteiger partial charge in [-0.2, -0.15) is 0 Å². The summed E-state index contributed by atoms with van der Waals surface area (Å²) >= 11 is 0. The van der Waals surface area contributed by atoms with E-state index in [1.165, 1.54) is 6.92 Å². The SMILES string of the molecule is CCN(CCC(=O)Nc1ccc(C(C)=O)cc1)CC(=O)Nc1ccc(OC)cc1. The van der Waals surface area contributed by atoms with Crippen LogP contribution in [-0.4, -0.2) is 49.2 Å². The molecule has 0 aromatic heterocycles. The van der Waals surface area contributed by atoms with Crippen LogP contribution in [0, 0.1) is 0 Å². The lowest BCUT2D eigenvalue weighted by Gasteiger charge is -2.19. The van der Waals surface area contributed by atoms with E-state index >= 15 is 0 Å². The third kappa shape index (κ3) is 7.38. The smallest absolute Gasteiger partial charge is 0.238 e. The molecular weight excluding hydrogens is 370 g/mol. The van der Waals surface area contributed by atoms with Crippen LogP contribution in [-0.2, 0) is 9.59 Å². The molecule has 0 atom stereocenters. The Bertz CT molecular complexity index is 832. The maximum absolute atomic E-state index is 12.2. The van der Waals surface area contributed by atoms with Crippen molar-refractivity contribution in [3.05, 3.63) is 54.1 Å². The first-order valence-electron chi connectivity index (χ1n) is 9.48.